The van der Waals surface area contributed by atoms with Crippen molar-refractivity contribution in [2.75, 3.05) is 5.23 Å². The van der Waals surface area contributed by atoms with Crippen molar-refractivity contribution < 1.29 is 4.39 Å². The molecule has 44 valence electrons. The third-order valence-corrected chi connectivity index (χ3v) is 1.03. The van der Waals surface area contributed by atoms with E-state index in [2.05, 4.69) is 5.23 Å². The van der Waals surface area contributed by atoms with Gasteiger partial charge in [-0.05, 0) is 12.1 Å². The molecule has 1 aromatic carbocycles. The molecule has 0 atom stereocenters. The predicted octanol–water partition coefficient (Wildman–Crippen LogP) is 1.32. The zero-order chi connectivity index (χ0) is 6.69. The Labute approximate surface area is 54.3 Å². The highest BCUT2D eigenvalue weighted by molar-refractivity contribution is 6.15. The van der Waals surface area contributed by atoms with Gasteiger partial charge < -0.3 is 5.23 Å². The second-order valence-corrected chi connectivity index (χ2v) is 1.62. The van der Waals surface area contributed by atoms with E-state index in [4.69, 9.17) is 7.98 Å². The SMILES string of the molecule is [B]Nc1ccccc1F. The number of hydrogen-bond donors (Lipinski definition) is 1. The van der Waals surface area contributed by atoms with Crippen LogP contribution < -0.4 is 5.23 Å². The summed E-state index contributed by atoms with van der Waals surface area (Å²) in [6, 6.07) is 6.22. The highest BCUT2D eigenvalue weighted by Gasteiger charge is 1.92. The molecular formula is C6H5BFN. The summed E-state index contributed by atoms with van der Waals surface area (Å²) < 4.78 is 12.4. The van der Waals surface area contributed by atoms with E-state index in [0.717, 1.165) is 0 Å². The molecule has 0 aliphatic heterocycles. The van der Waals surface area contributed by atoms with E-state index in [1.165, 1.54) is 6.07 Å². The van der Waals surface area contributed by atoms with Crippen molar-refractivity contribution in [3.63, 3.8) is 0 Å². The molecule has 0 heterocycles. The largest absolute Gasteiger partial charge is 0.435 e. The fourth-order valence-electron chi connectivity index (χ4n) is 0.578. The molecule has 0 aliphatic carbocycles. The lowest BCUT2D eigenvalue weighted by Gasteiger charge is -1.98. The molecule has 0 fully saturated rings. The Morgan fingerprint density at radius 3 is 2.44 bits per heavy atom. The summed E-state index contributed by atoms with van der Waals surface area (Å²) in [7, 11) is 4.96. The highest BCUT2D eigenvalue weighted by Crippen LogP contribution is 2.09. The maximum Gasteiger partial charge on any atom is 0.222 e. The number of para-hydroxylation sites is 1. The Kier molecular flexibility index (Phi) is 1.73. The van der Waals surface area contributed by atoms with E-state index < -0.39 is 0 Å². The second kappa shape index (κ2) is 2.53. The number of rotatable bonds is 1. The van der Waals surface area contributed by atoms with Crippen molar-refractivity contribution >= 4 is 13.7 Å². The summed E-state index contributed by atoms with van der Waals surface area (Å²) in [6.45, 7) is 0. The van der Waals surface area contributed by atoms with Crippen LogP contribution in [0.1, 0.15) is 0 Å². The van der Waals surface area contributed by atoms with Crippen LogP contribution in [0.3, 0.4) is 0 Å². The summed E-state index contributed by atoms with van der Waals surface area (Å²) in [4.78, 5) is 0. The first-order valence-corrected chi connectivity index (χ1v) is 2.56. The summed E-state index contributed by atoms with van der Waals surface area (Å²) >= 11 is 0. The number of nitrogens with one attached hydrogen (secondary N) is 1. The number of hydrogen-bond acceptors (Lipinski definition) is 1. The Bertz CT molecular complexity index is 202. The maximum absolute atomic E-state index is 12.4. The van der Waals surface area contributed by atoms with E-state index in [1.54, 1.807) is 18.2 Å². The number of benzene rings is 1. The molecule has 0 aromatic heterocycles. The molecule has 0 amide bonds. The second-order valence-electron chi connectivity index (χ2n) is 1.62. The predicted molar refractivity (Wildman–Crippen MR) is 35.8 cm³/mol. The van der Waals surface area contributed by atoms with E-state index in [-0.39, 0.29) is 5.82 Å². The summed E-state index contributed by atoms with van der Waals surface area (Å²) in [5.41, 5.74) is 0.317. The van der Waals surface area contributed by atoms with E-state index in [0.29, 0.717) is 5.69 Å². The van der Waals surface area contributed by atoms with Crippen LogP contribution in [0.15, 0.2) is 24.3 Å². The average Bonchev–Trinajstić information content (AvgIpc) is 1.89. The molecule has 0 bridgehead atoms. The van der Waals surface area contributed by atoms with Gasteiger partial charge in [0.1, 0.15) is 5.82 Å². The molecular weight excluding hydrogens is 116 g/mol. The summed E-state index contributed by atoms with van der Waals surface area (Å²) in [5, 5.41) is 2.22. The van der Waals surface area contributed by atoms with E-state index in [1.807, 2.05) is 0 Å². The Hall–Kier alpha value is -0.985. The monoisotopic (exact) mass is 121 g/mol. The van der Waals surface area contributed by atoms with Crippen LogP contribution in [0.4, 0.5) is 10.1 Å². The molecule has 1 nitrogen and oxygen atoms in total. The van der Waals surface area contributed by atoms with Gasteiger partial charge in [0.15, 0.2) is 0 Å². The Morgan fingerprint density at radius 2 is 2.00 bits per heavy atom. The lowest BCUT2D eigenvalue weighted by Crippen LogP contribution is -1.92. The molecule has 0 spiro atoms. The van der Waals surface area contributed by atoms with Crippen molar-refractivity contribution in [3.8, 4) is 0 Å². The van der Waals surface area contributed by atoms with Crippen LogP contribution in [0, 0.1) is 5.82 Å². The van der Waals surface area contributed by atoms with Gasteiger partial charge in [-0.15, -0.1) is 0 Å². The molecule has 2 radical (unpaired) electrons. The zero-order valence-electron chi connectivity index (χ0n) is 4.76. The number of anilines is 1. The average molecular weight is 121 g/mol. The fraction of sp³-hybridized carbons (Fsp3) is 0. The number of halogens is 1. The van der Waals surface area contributed by atoms with Crippen LogP contribution in [-0.2, 0) is 0 Å². The van der Waals surface area contributed by atoms with Gasteiger partial charge in [-0.3, -0.25) is 0 Å². The molecule has 9 heavy (non-hydrogen) atoms. The van der Waals surface area contributed by atoms with Crippen LogP contribution in [0.5, 0.6) is 0 Å². The van der Waals surface area contributed by atoms with Gasteiger partial charge in [0.25, 0.3) is 0 Å². The first kappa shape index (κ1) is 6.14. The van der Waals surface area contributed by atoms with Gasteiger partial charge >= 0.3 is 0 Å². The molecule has 1 aromatic rings. The topological polar surface area (TPSA) is 12.0 Å². The molecule has 0 saturated heterocycles. The smallest absolute Gasteiger partial charge is 0.222 e. The van der Waals surface area contributed by atoms with Crippen molar-refractivity contribution in [1.29, 1.82) is 0 Å². The summed E-state index contributed by atoms with van der Waals surface area (Å²) in [5.74, 6) is -0.333. The van der Waals surface area contributed by atoms with Crippen LogP contribution in [0.25, 0.3) is 0 Å². The maximum atomic E-state index is 12.4. The molecule has 1 rings (SSSR count). The lowest BCUT2D eigenvalue weighted by molar-refractivity contribution is 0.632. The van der Waals surface area contributed by atoms with E-state index >= 15 is 0 Å². The standard InChI is InChI=1S/C6H5BFN/c7-9-6-4-2-1-3-5(6)8/h1-4,9H. The summed E-state index contributed by atoms with van der Waals surface area (Å²) in [6.07, 6.45) is 0. The minimum absolute atomic E-state index is 0.317. The van der Waals surface area contributed by atoms with Gasteiger partial charge in [-0.2, -0.15) is 0 Å². The quantitative estimate of drug-likeness (QED) is 0.552. The van der Waals surface area contributed by atoms with Crippen molar-refractivity contribution in [2.45, 2.75) is 0 Å². The van der Waals surface area contributed by atoms with Gasteiger partial charge in [0.05, 0.1) is 5.69 Å². The van der Waals surface area contributed by atoms with Gasteiger partial charge in [0.2, 0.25) is 7.98 Å². The minimum Gasteiger partial charge on any atom is -0.435 e. The van der Waals surface area contributed by atoms with Crippen LogP contribution in [0.2, 0.25) is 0 Å². The van der Waals surface area contributed by atoms with Gasteiger partial charge in [-0.25, -0.2) is 4.39 Å². The third kappa shape index (κ3) is 1.22. The molecule has 0 unspecified atom stereocenters. The molecule has 3 heteroatoms. The fourth-order valence-corrected chi connectivity index (χ4v) is 0.578. The third-order valence-electron chi connectivity index (χ3n) is 1.03. The van der Waals surface area contributed by atoms with Gasteiger partial charge in [-0.1, -0.05) is 12.1 Å². The minimum atomic E-state index is -0.333. The van der Waals surface area contributed by atoms with E-state index in [9.17, 15) is 4.39 Å². The zero-order valence-corrected chi connectivity index (χ0v) is 4.76. The Morgan fingerprint density at radius 1 is 1.33 bits per heavy atom. The first-order valence-electron chi connectivity index (χ1n) is 2.56. The Balaban J connectivity index is 3.01. The van der Waals surface area contributed by atoms with Crippen molar-refractivity contribution in [1.82, 2.24) is 0 Å². The molecule has 0 saturated carbocycles. The first-order chi connectivity index (χ1) is 4.34. The van der Waals surface area contributed by atoms with Crippen molar-refractivity contribution in [2.24, 2.45) is 0 Å². The van der Waals surface area contributed by atoms with Crippen LogP contribution >= 0.6 is 0 Å². The molecule has 0 aliphatic rings. The van der Waals surface area contributed by atoms with Crippen molar-refractivity contribution in [3.05, 3.63) is 30.1 Å². The lowest BCUT2D eigenvalue weighted by atomic mass is 10.2. The molecule has 1 N–H and O–H groups in total. The van der Waals surface area contributed by atoms with Crippen LogP contribution in [-0.4, -0.2) is 7.98 Å². The normalized spacial score (nSPS) is 9.00. The highest BCUT2D eigenvalue weighted by atomic mass is 19.1. The van der Waals surface area contributed by atoms with Gasteiger partial charge in [0, 0.05) is 0 Å².